The first-order valence-corrected chi connectivity index (χ1v) is 11.5. The van der Waals surface area contributed by atoms with Gasteiger partial charge in [0.15, 0.2) is 0 Å². The minimum atomic E-state index is -0.241. The van der Waals surface area contributed by atoms with E-state index in [-0.39, 0.29) is 17.6 Å². The molecule has 174 valence electrons. The van der Waals surface area contributed by atoms with Crippen LogP contribution in [0.1, 0.15) is 24.6 Å². The normalized spacial score (nSPS) is 18.8. The summed E-state index contributed by atoms with van der Waals surface area (Å²) in [6.45, 7) is 6.84. The summed E-state index contributed by atoms with van der Waals surface area (Å²) >= 11 is 0. The number of hydrogen-bond donors (Lipinski definition) is 1. The van der Waals surface area contributed by atoms with Gasteiger partial charge >= 0.3 is 6.03 Å². The zero-order valence-electron chi connectivity index (χ0n) is 19.9. The van der Waals surface area contributed by atoms with Crippen LogP contribution in [0.3, 0.4) is 0 Å². The third-order valence-corrected chi connectivity index (χ3v) is 6.80. The molecule has 2 amide bonds. The summed E-state index contributed by atoms with van der Waals surface area (Å²) in [6.07, 6.45) is 0.903. The summed E-state index contributed by atoms with van der Waals surface area (Å²) in [4.78, 5) is 30.5. The molecule has 4 rings (SSSR count). The molecule has 0 aliphatic carbocycles. The number of carbonyl (C=O) groups excluding carboxylic acids is 1. The van der Waals surface area contributed by atoms with Gasteiger partial charge in [-0.25, -0.2) is 9.48 Å². The first-order valence-electron chi connectivity index (χ1n) is 11.5. The number of anilines is 1. The van der Waals surface area contributed by atoms with E-state index in [0.717, 1.165) is 37.4 Å². The lowest BCUT2D eigenvalue weighted by molar-refractivity contribution is 0.0933. The van der Waals surface area contributed by atoms with E-state index in [1.54, 1.807) is 14.3 Å². The number of nitrogens with zero attached hydrogens (tertiary/aromatic N) is 4. The summed E-state index contributed by atoms with van der Waals surface area (Å²) in [5, 5.41) is 2.90. The molecule has 33 heavy (non-hydrogen) atoms. The van der Waals surface area contributed by atoms with E-state index in [9.17, 15) is 9.59 Å². The van der Waals surface area contributed by atoms with Crippen LogP contribution in [-0.2, 0) is 13.6 Å². The van der Waals surface area contributed by atoms with Crippen LogP contribution in [0.15, 0.2) is 65.5 Å². The van der Waals surface area contributed by atoms with Gasteiger partial charge in [0.1, 0.15) is 5.69 Å². The van der Waals surface area contributed by atoms with Gasteiger partial charge in [-0.1, -0.05) is 55.5 Å². The fourth-order valence-electron chi connectivity index (χ4n) is 4.84. The number of aromatic nitrogens is 2. The highest BCUT2D eigenvalue weighted by molar-refractivity contribution is 5.89. The Bertz CT molecular complexity index is 1150. The third kappa shape index (κ3) is 4.73. The maximum Gasteiger partial charge on any atom is 0.322 e. The summed E-state index contributed by atoms with van der Waals surface area (Å²) in [7, 11) is 3.66. The molecule has 1 aromatic heterocycles. The maximum atomic E-state index is 13.1. The number of hydrogen-bond acceptors (Lipinski definition) is 3. The van der Waals surface area contributed by atoms with Gasteiger partial charge < -0.3 is 10.2 Å². The molecular formula is C26H33N5O2. The molecule has 1 aliphatic heterocycles. The van der Waals surface area contributed by atoms with Crippen molar-refractivity contribution in [2.45, 2.75) is 32.9 Å². The average Bonchev–Trinajstić information content (AvgIpc) is 3.03. The molecule has 1 N–H and O–H groups in total. The van der Waals surface area contributed by atoms with Crippen LogP contribution in [0.4, 0.5) is 10.5 Å². The molecule has 0 bridgehead atoms. The average molecular weight is 448 g/mol. The minimum Gasteiger partial charge on any atom is -0.324 e. The van der Waals surface area contributed by atoms with E-state index < -0.39 is 0 Å². The van der Waals surface area contributed by atoms with Gasteiger partial charge in [-0.05, 0) is 37.0 Å². The predicted octanol–water partition coefficient (Wildman–Crippen LogP) is 3.86. The molecule has 1 aliphatic rings. The molecule has 2 atom stereocenters. The minimum absolute atomic E-state index is 0.123. The number of carbonyl (C=O) groups is 1. The van der Waals surface area contributed by atoms with E-state index in [2.05, 4.69) is 41.4 Å². The van der Waals surface area contributed by atoms with Crippen LogP contribution in [-0.4, -0.2) is 51.4 Å². The van der Waals surface area contributed by atoms with E-state index in [0.29, 0.717) is 11.6 Å². The van der Waals surface area contributed by atoms with E-state index >= 15 is 0 Å². The quantitative estimate of drug-likeness (QED) is 0.646. The zero-order valence-corrected chi connectivity index (χ0v) is 19.9. The van der Waals surface area contributed by atoms with Gasteiger partial charge in [0.05, 0.1) is 11.4 Å². The van der Waals surface area contributed by atoms with Gasteiger partial charge in [0, 0.05) is 39.8 Å². The summed E-state index contributed by atoms with van der Waals surface area (Å²) in [5.74, 6) is 0.330. The van der Waals surface area contributed by atoms with Crippen molar-refractivity contribution < 1.29 is 4.79 Å². The SMILES string of the molecule is Cc1c(NC(=O)N(C)[C@@H]2CCN(Cc3ccccc3)C[C@@H]2C)c(=O)n(-c2ccccc2)n1C. The van der Waals surface area contributed by atoms with Crippen molar-refractivity contribution in [3.8, 4) is 5.69 Å². The molecule has 2 heterocycles. The standard InChI is InChI=1S/C26H33N5O2/c1-19-17-30(18-21-11-7-5-8-12-21)16-15-23(19)28(3)26(33)27-24-20(2)29(4)31(25(24)32)22-13-9-6-10-14-22/h5-14,19,23H,15-18H2,1-4H3,(H,27,33)/t19-,23+/m0/s1. The van der Waals surface area contributed by atoms with Crippen molar-refractivity contribution in [1.82, 2.24) is 19.2 Å². The van der Waals surface area contributed by atoms with Crippen LogP contribution in [0.5, 0.6) is 0 Å². The Balaban J connectivity index is 1.44. The Kier molecular flexibility index (Phi) is 6.70. The lowest BCUT2D eigenvalue weighted by Gasteiger charge is -2.41. The van der Waals surface area contributed by atoms with Crippen molar-refractivity contribution in [2.75, 3.05) is 25.5 Å². The van der Waals surface area contributed by atoms with Crippen LogP contribution >= 0.6 is 0 Å². The summed E-state index contributed by atoms with van der Waals surface area (Å²) in [5.41, 5.74) is 2.89. The molecule has 7 heteroatoms. The number of benzene rings is 2. The Morgan fingerprint density at radius 1 is 1.09 bits per heavy atom. The van der Waals surface area contributed by atoms with E-state index in [1.807, 2.05) is 57.4 Å². The second-order valence-corrected chi connectivity index (χ2v) is 9.03. The molecule has 1 saturated heterocycles. The molecule has 0 saturated carbocycles. The molecule has 7 nitrogen and oxygen atoms in total. The number of amides is 2. The Morgan fingerprint density at radius 3 is 2.36 bits per heavy atom. The maximum absolute atomic E-state index is 13.1. The lowest BCUT2D eigenvalue weighted by atomic mass is 9.92. The smallest absolute Gasteiger partial charge is 0.322 e. The van der Waals surface area contributed by atoms with Gasteiger partial charge in [0.25, 0.3) is 5.56 Å². The Hall–Kier alpha value is -3.32. The number of likely N-dealkylation sites (tertiary alicyclic amines) is 1. The summed E-state index contributed by atoms with van der Waals surface area (Å²) < 4.78 is 3.35. The third-order valence-electron chi connectivity index (χ3n) is 6.80. The van der Waals surface area contributed by atoms with E-state index in [4.69, 9.17) is 0 Å². The van der Waals surface area contributed by atoms with Crippen LogP contribution in [0, 0.1) is 12.8 Å². The topological polar surface area (TPSA) is 62.5 Å². The fraction of sp³-hybridized carbons (Fsp3) is 0.385. The van der Waals surface area contributed by atoms with Gasteiger partial charge in [-0.3, -0.25) is 14.4 Å². The highest BCUT2D eigenvalue weighted by atomic mass is 16.2. The zero-order chi connectivity index (χ0) is 23.5. The molecule has 2 aromatic carbocycles. The van der Waals surface area contributed by atoms with Crippen molar-refractivity contribution in [2.24, 2.45) is 13.0 Å². The number of piperidine rings is 1. The van der Waals surface area contributed by atoms with Crippen molar-refractivity contribution in [1.29, 1.82) is 0 Å². The first kappa shape index (κ1) is 22.9. The van der Waals surface area contributed by atoms with Crippen molar-refractivity contribution >= 4 is 11.7 Å². The number of para-hydroxylation sites is 1. The summed E-state index contributed by atoms with van der Waals surface area (Å²) in [6, 6.07) is 19.8. The monoisotopic (exact) mass is 447 g/mol. The molecule has 1 fully saturated rings. The lowest BCUT2D eigenvalue weighted by Crippen LogP contribution is -2.51. The van der Waals surface area contributed by atoms with Gasteiger partial charge in [-0.2, -0.15) is 0 Å². The Labute approximate surface area is 195 Å². The first-order chi connectivity index (χ1) is 15.9. The highest BCUT2D eigenvalue weighted by Gasteiger charge is 2.32. The largest absolute Gasteiger partial charge is 0.324 e. The fourth-order valence-corrected chi connectivity index (χ4v) is 4.84. The molecule has 0 radical (unpaired) electrons. The number of rotatable bonds is 5. The second-order valence-electron chi connectivity index (χ2n) is 9.03. The van der Waals surface area contributed by atoms with E-state index in [1.165, 1.54) is 5.56 Å². The van der Waals surface area contributed by atoms with Crippen LogP contribution in [0.25, 0.3) is 5.69 Å². The van der Waals surface area contributed by atoms with Crippen molar-refractivity contribution in [3.63, 3.8) is 0 Å². The predicted molar refractivity (Wildman–Crippen MR) is 132 cm³/mol. The van der Waals surface area contributed by atoms with Crippen LogP contribution < -0.4 is 10.9 Å². The number of urea groups is 1. The van der Waals surface area contributed by atoms with Gasteiger partial charge in [0.2, 0.25) is 0 Å². The molecule has 0 unspecified atom stereocenters. The van der Waals surface area contributed by atoms with Crippen molar-refractivity contribution in [3.05, 3.63) is 82.3 Å². The second kappa shape index (κ2) is 9.67. The Morgan fingerprint density at radius 2 is 1.73 bits per heavy atom. The molecule has 0 spiro atoms. The van der Waals surface area contributed by atoms with Crippen LogP contribution in [0.2, 0.25) is 0 Å². The van der Waals surface area contributed by atoms with Gasteiger partial charge in [-0.15, -0.1) is 0 Å². The number of nitrogens with one attached hydrogen (secondary N) is 1. The molecule has 3 aromatic rings. The highest BCUT2D eigenvalue weighted by Crippen LogP contribution is 2.24. The molecular weight excluding hydrogens is 414 g/mol.